The summed E-state index contributed by atoms with van der Waals surface area (Å²) in [5, 5.41) is 3.40. The Kier molecular flexibility index (Phi) is 2.76. The Hall–Kier alpha value is -1.13. The second kappa shape index (κ2) is 4.39. The number of rotatable bonds is 2. The molecule has 2 saturated heterocycles. The molecular formula is C12H18N4. The first-order chi connectivity index (χ1) is 7.93. The van der Waals surface area contributed by atoms with Crippen LogP contribution in [0.2, 0.25) is 0 Å². The van der Waals surface area contributed by atoms with E-state index in [0.717, 1.165) is 19.1 Å². The minimum absolute atomic E-state index is 0.760. The Morgan fingerprint density at radius 1 is 1.12 bits per heavy atom. The number of aromatic nitrogens is 1. The third kappa shape index (κ3) is 1.90. The van der Waals surface area contributed by atoms with Crippen molar-refractivity contribution in [2.75, 3.05) is 44.2 Å². The van der Waals surface area contributed by atoms with Crippen LogP contribution in [0, 0.1) is 0 Å². The monoisotopic (exact) mass is 218 g/mol. The van der Waals surface area contributed by atoms with Gasteiger partial charge in [-0.3, -0.25) is 9.88 Å². The molecule has 1 N–H and O–H groups in total. The van der Waals surface area contributed by atoms with Crippen LogP contribution in [0.5, 0.6) is 0 Å². The second-order valence-electron chi connectivity index (χ2n) is 4.55. The number of nitrogens with one attached hydrogen (secondary N) is 1. The Labute approximate surface area is 96.3 Å². The van der Waals surface area contributed by atoms with E-state index >= 15 is 0 Å². The highest BCUT2D eigenvalue weighted by Gasteiger charge is 2.32. The molecule has 2 aliphatic rings. The number of piperazine rings is 1. The maximum absolute atomic E-state index is 4.05. The van der Waals surface area contributed by atoms with Gasteiger partial charge in [-0.2, -0.15) is 0 Å². The van der Waals surface area contributed by atoms with Gasteiger partial charge in [0.15, 0.2) is 0 Å². The van der Waals surface area contributed by atoms with Crippen LogP contribution in [0.25, 0.3) is 0 Å². The maximum Gasteiger partial charge on any atom is 0.0447 e. The topological polar surface area (TPSA) is 31.4 Å². The first-order valence-electron chi connectivity index (χ1n) is 6.03. The summed E-state index contributed by atoms with van der Waals surface area (Å²) >= 11 is 0. The largest absolute Gasteiger partial charge is 0.368 e. The molecule has 86 valence electrons. The zero-order valence-corrected chi connectivity index (χ0v) is 9.47. The molecule has 0 amide bonds. The van der Waals surface area contributed by atoms with Crippen LogP contribution in [-0.4, -0.2) is 55.2 Å². The SMILES string of the molecule is c1cc(N2CC(N3CCNCC3)C2)ccn1. The van der Waals surface area contributed by atoms with E-state index in [1.54, 1.807) is 0 Å². The van der Waals surface area contributed by atoms with E-state index in [4.69, 9.17) is 0 Å². The van der Waals surface area contributed by atoms with Crippen molar-refractivity contribution >= 4 is 5.69 Å². The number of nitrogens with zero attached hydrogens (tertiary/aromatic N) is 3. The molecule has 2 fully saturated rings. The number of pyridine rings is 1. The van der Waals surface area contributed by atoms with Crippen molar-refractivity contribution < 1.29 is 0 Å². The molecule has 0 aromatic carbocycles. The Balaban J connectivity index is 1.54. The first kappa shape index (κ1) is 10.1. The first-order valence-corrected chi connectivity index (χ1v) is 6.03. The lowest BCUT2D eigenvalue weighted by molar-refractivity contribution is 0.147. The molecule has 3 rings (SSSR count). The van der Waals surface area contributed by atoms with Crippen molar-refractivity contribution in [3.63, 3.8) is 0 Å². The molecule has 3 heterocycles. The fraction of sp³-hybridized carbons (Fsp3) is 0.583. The van der Waals surface area contributed by atoms with Crippen LogP contribution in [-0.2, 0) is 0 Å². The lowest BCUT2D eigenvalue weighted by atomic mass is 10.1. The van der Waals surface area contributed by atoms with Gasteiger partial charge in [-0.05, 0) is 12.1 Å². The molecule has 1 aromatic heterocycles. The standard InChI is InChI=1S/C12H18N4/c1-3-13-4-2-11(1)16-9-12(10-16)15-7-5-14-6-8-15/h1-4,12,14H,5-10H2. The van der Waals surface area contributed by atoms with E-state index in [-0.39, 0.29) is 0 Å². The van der Waals surface area contributed by atoms with Gasteiger partial charge in [0.25, 0.3) is 0 Å². The third-order valence-corrected chi connectivity index (χ3v) is 3.56. The van der Waals surface area contributed by atoms with Gasteiger partial charge in [0, 0.05) is 63.4 Å². The quantitative estimate of drug-likeness (QED) is 0.767. The van der Waals surface area contributed by atoms with E-state index in [1.807, 2.05) is 12.4 Å². The molecule has 16 heavy (non-hydrogen) atoms. The van der Waals surface area contributed by atoms with Gasteiger partial charge in [0.05, 0.1) is 0 Å². The highest BCUT2D eigenvalue weighted by Crippen LogP contribution is 2.22. The fourth-order valence-corrected chi connectivity index (χ4v) is 2.50. The molecule has 2 aliphatic heterocycles. The zero-order chi connectivity index (χ0) is 10.8. The van der Waals surface area contributed by atoms with Crippen LogP contribution < -0.4 is 10.2 Å². The fourth-order valence-electron chi connectivity index (χ4n) is 2.50. The van der Waals surface area contributed by atoms with Crippen molar-refractivity contribution in [3.8, 4) is 0 Å². The average Bonchev–Trinajstić information content (AvgIpc) is 2.30. The van der Waals surface area contributed by atoms with Crippen LogP contribution in [0.1, 0.15) is 0 Å². The molecule has 0 saturated carbocycles. The predicted molar refractivity (Wildman–Crippen MR) is 64.7 cm³/mol. The van der Waals surface area contributed by atoms with Crippen molar-refractivity contribution in [1.82, 2.24) is 15.2 Å². The molecule has 4 nitrogen and oxygen atoms in total. The van der Waals surface area contributed by atoms with Gasteiger partial charge in [0.2, 0.25) is 0 Å². The normalized spacial score (nSPS) is 23.1. The maximum atomic E-state index is 4.05. The highest BCUT2D eigenvalue weighted by atomic mass is 15.3. The summed E-state index contributed by atoms with van der Waals surface area (Å²) in [7, 11) is 0. The van der Waals surface area contributed by atoms with Gasteiger partial charge in [0.1, 0.15) is 0 Å². The molecule has 1 aromatic rings. The van der Waals surface area contributed by atoms with Crippen LogP contribution in [0.15, 0.2) is 24.5 Å². The van der Waals surface area contributed by atoms with Crippen LogP contribution >= 0.6 is 0 Å². The van der Waals surface area contributed by atoms with Crippen LogP contribution in [0.4, 0.5) is 5.69 Å². The molecule has 0 atom stereocenters. The van der Waals surface area contributed by atoms with Crippen molar-refractivity contribution in [3.05, 3.63) is 24.5 Å². The minimum Gasteiger partial charge on any atom is -0.368 e. The minimum atomic E-state index is 0.760. The van der Waals surface area contributed by atoms with Gasteiger partial charge in [-0.25, -0.2) is 0 Å². The summed E-state index contributed by atoms with van der Waals surface area (Å²) in [6, 6.07) is 4.94. The second-order valence-corrected chi connectivity index (χ2v) is 4.55. The van der Waals surface area contributed by atoms with Crippen molar-refractivity contribution in [1.29, 1.82) is 0 Å². The summed E-state index contributed by atoms with van der Waals surface area (Å²) in [5.74, 6) is 0. The van der Waals surface area contributed by atoms with E-state index in [9.17, 15) is 0 Å². The molecule has 0 bridgehead atoms. The van der Waals surface area contributed by atoms with Gasteiger partial charge >= 0.3 is 0 Å². The van der Waals surface area contributed by atoms with Gasteiger partial charge in [-0.1, -0.05) is 0 Å². The summed E-state index contributed by atoms with van der Waals surface area (Å²) in [4.78, 5) is 9.08. The van der Waals surface area contributed by atoms with Crippen LogP contribution in [0.3, 0.4) is 0 Å². The molecular weight excluding hydrogens is 200 g/mol. The molecule has 4 heteroatoms. The summed E-state index contributed by atoms with van der Waals surface area (Å²) in [6.07, 6.45) is 3.74. The zero-order valence-electron chi connectivity index (χ0n) is 9.47. The number of hydrogen-bond acceptors (Lipinski definition) is 4. The number of anilines is 1. The van der Waals surface area contributed by atoms with E-state index < -0.39 is 0 Å². The predicted octanol–water partition coefficient (Wildman–Crippen LogP) is 0.175. The summed E-state index contributed by atoms with van der Waals surface area (Å²) < 4.78 is 0. The third-order valence-electron chi connectivity index (χ3n) is 3.56. The van der Waals surface area contributed by atoms with Gasteiger partial charge < -0.3 is 10.2 Å². The van der Waals surface area contributed by atoms with Crippen molar-refractivity contribution in [2.45, 2.75) is 6.04 Å². The molecule has 0 aliphatic carbocycles. The Morgan fingerprint density at radius 3 is 2.50 bits per heavy atom. The average molecular weight is 218 g/mol. The summed E-state index contributed by atoms with van der Waals surface area (Å²) in [6.45, 7) is 7.04. The van der Waals surface area contributed by atoms with E-state index in [2.05, 4.69) is 32.2 Å². The lowest BCUT2D eigenvalue weighted by Gasteiger charge is -2.47. The summed E-state index contributed by atoms with van der Waals surface area (Å²) in [5.41, 5.74) is 1.31. The smallest absolute Gasteiger partial charge is 0.0447 e. The van der Waals surface area contributed by atoms with Crippen molar-refractivity contribution in [2.24, 2.45) is 0 Å². The van der Waals surface area contributed by atoms with E-state index in [0.29, 0.717) is 0 Å². The number of hydrogen-bond donors (Lipinski definition) is 1. The Morgan fingerprint density at radius 2 is 1.81 bits per heavy atom. The van der Waals surface area contributed by atoms with Gasteiger partial charge in [-0.15, -0.1) is 0 Å². The molecule has 0 spiro atoms. The molecule has 0 radical (unpaired) electrons. The Bertz CT molecular complexity index is 328. The molecule has 0 unspecified atom stereocenters. The highest BCUT2D eigenvalue weighted by molar-refractivity contribution is 5.47. The van der Waals surface area contributed by atoms with E-state index in [1.165, 1.54) is 31.9 Å². The lowest BCUT2D eigenvalue weighted by Crippen LogP contribution is -2.62.